The summed E-state index contributed by atoms with van der Waals surface area (Å²) in [5, 5.41) is 0.322. The number of cyclic esters (lactones) is 1. The molecule has 0 N–H and O–H groups in total. The summed E-state index contributed by atoms with van der Waals surface area (Å²) in [6.07, 6.45) is 1.56. The van der Waals surface area contributed by atoms with Gasteiger partial charge in [0, 0.05) is 11.8 Å². The zero-order valence-corrected chi connectivity index (χ0v) is 6.26. The molecule has 56 valence electrons. The van der Waals surface area contributed by atoms with Crippen molar-refractivity contribution < 1.29 is 9.53 Å². The monoisotopic (exact) mass is 169 g/mol. The van der Waals surface area contributed by atoms with Crippen molar-refractivity contribution >= 4 is 17.6 Å². The first kappa shape index (κ1) is 6.61. The molecule has 1 aromatic heterocycles. The Morgan fingerprint density at radius 2 is 2.45 bits per heavy atom. The lowest BCUT2D eigenvalue weighted by molar-refractivity contribution is 0.0535. The third kappa shape index (κ3) is 0.973. The third-order valence-electron chi connectivity index (χ3n) is 1.53. The van der Waals surface area contributed by atoms with Crippen molar-refractivity contribution in [1.82, 2.24) is 4.98 Å². The molecule has 0 amide bonds. The van der Waals surface area contributed by atoms with Gasteiger partial charge in [0.25, 0.3) is 0 Å². The SMILES string of the molecule is O=C1OCc2cnc(Cl)cc21. The van der Waals surface area contributed by atoms with Gasteiger partial charge in [-0.3, -0.25) is 0 Å². The number of hydrogen-bond acceptors (Lipinski definition) is 3. The smallest absolute Gasteiger partial charge is 0.339 e. The van der Waals surface area contributed by atoms with Crippen LogP contribution in [0.5, 0.6) is 0 Å². The third-order valence-corrected chi connectivity index (χ3v) is 1.74. The Balaban J connectivity index is 2.60. The van der Waals surface area contributed by atoms with E-state index in [9.17, 15) is 4.79 Å². The van der Waals surface area contributed by atoms with E-state index in [2.05, 4.69) is 4.98 Å². The van der Waals surface area contributed by atoms with Crippen molar-refractivity contribution in [3.05, 3.63) is 28.5 Å². The topological polar surface area (TPSA) is 39.2 Å². The van der Waals surface area contributed by atoms with Gasteiger partial charge < -0.3 is 4.74 Å². The van der Waals surface area contributed by atoms with Crippen LogP contribution >= 0.6 is 11.6 Å². The molecule has 1 aromatic rings. The van der Waals surface area contributed by atoms with Gasteiger partial charge >= 0.3 is 5.97 Å². The number of nitrogens with zero attached hydrogens (tertiary/aromatic N) is 1. The van der Waals surface area contributed by atoms with Gasteiger partial charge in [0.2, 0.25) is 0 Å². The van der Waals surface area contributed by atoms with E-state index in [0.29, 0.717) is 17.3 Å². The van der Waals surface area contributed by atoms with E-state index in [-0.39, 0.29) is 5.97 Å². The number of fused-ring (bicyclic) bond motifs is 1. The molecular weight excluding hydrogens is 166 g/mol. The fraction of sp³-hybridized carbons (Fsp3) is 0.143. The minimum Gasteiger partial charge on any atom is -0.457 e. The Kier molecular flexibility index (Phi) is 1.32. The number of carbonyl (C=O) groups is 1. The molecule has 0 bridgehead atoms. The molecule has 0 unspecified atom stereocenters. The Labute approximate surface area is 68.0 Å². The van der Waals surface area contributed by atoms with Gasteiger partial charge in [-0.25, -0.2) is 9.78 Å². The summed E-state index contributed by atoms with van der Waals surface area (Å²) >= 11 is 5.57. The fourth-order valence-corrected chi connectivity index (χ4v) is 1.14. The molecule has 0 aromatic carbocycles. The highest BCUT2D eigenvalue weighted by Crippen LogP contribution is 2.20. The van der Waals surface area contributed by atoms with Crippen LogP contribution in [0.1, 0.15) is 15.9 Å². The predicted molar refractivity (Wildman–Crippen MR) is 38.4 cm³/mol. The predicted octanol–water partition coefficient (Wildman–Crippen LogP) is 1.41. The van der Waals surface area contributed by atoms with Crippen molar-refractivity contribution in [3.63, 3.8) is 0 Å². The largest absolute Gasteiger partial charge is 0.457 e. The van der Waals surface area contributed by atoms with Gasteiger partial charge in [-0.1, -0.05) is 11.6 Å². The molecular formula is C7H4ClNO2. The van der Waals surface area contributed by atoms with Crippen LogP contribution < -0.4 is 0 Å². The van der Waals surface area contributed by atoms with E-state index in [4.69, 9.17) is 16.3 Å². The van der Waals surface area contributed by atoms with Crippen LogP contribution in [-0.4, -0.2) is 11.0 Å². The zero-order chi connectivity index (χ0) is 7.84. The second kappa shape index (κ2) is 2.20. The maximum atomic E-state index is 10.9. The Morgan fingerprint density at radius 1 is 1.64 bits per heavy atom. The van der Waals surface area contributed by atoms with Crippen molar-refractivity contribution in [2.24, 2.45) is 0 Å². The molecule has 0 saturated heterocycles. The summed E-state index contributed by atoms with van der Waals surface area (Å²) < 4.78 is 4.74. The van der Waals surface area contributed by atoms with E-state index in [1.165, 1.54) is 6.07 Å². The number of rotatable bonds is 0. The van der Waals surface area contributed by atoms with E-state index in [1.54, 1.807) is 6.20 Å². The van der Waals surface area contributed by atoms with Crippen LogP contribution in [0.2, 0.25) is 5.15 Å². The van der Waals surface area contributed by atoms with Gasteiger partial charge in [-0.2, -0.15) is 0 Å². The van der Waals surface area contributed by atoms with Crippen molar-refractivity contribution in [2.45, 2.75) is 6.61 Å². The number of carbonyl (C=O) groups excluding carboxylic acids is 1. The molecule has 0 saturated carbocycles. The minimum atomic E-state index is -0.315. The molecule has 2 heterocycles. The second-order valence-corrected chi connectivity index (χ2v) is 2.63. The Hall–Kier alpha value is -1.09. The van der Waals surface area contributed by atoms with E-state index < -0.39 is 0 Å². The number of halogens is 1. The maximum absolute atomic E-state index is 10.9. The number of ether oxygens (including phenoxy) is 1. The lowest BCUT2D eigenvalue weighted by atomic mass is 10.2. The summed E-state index contributed by atoms with van der Waals surface area (Å²) in [6, 6.07) is 1.52. The summed E-state index contributed by atoms with van der Waals surface area (Å²) in [6.45, 7) is 0.318. The summed E-state index contributed by atoms with van der Waals surface area (Å²) in [5.41, 5.74) is 1.34. The number of aromatic nitrogens is 1. The molecule has 0 spiro atoms. The maximum Gasteiger partial charge on any atom is 0.339 e. The normalized spacial score (nSPS) is 14.5. The van der Waals surface area contributed by atoms with E-state index >= 15 is 0 Å². The zero-order valence-electron chi connectivity index (χ0n) is 5.50. The van der Waals surface area contributed by atoms with Crippen LogP contribution in [0.15, 0.2) is 12.3 Å². The van der Waals surface area contributed by atoms with Gasteiger partial charge in [0.15, 0.2) is 0 Å². The van der Waals surface area contributed by atoms with Crippen LogP contribution in [0.3, 0.4) is 0 Å². The molecule has 0 fully saturated rings. The van der Waals surface area contributed by atoms with Gasteiger partial charge in [-0.05, 0) is 6.07 Å². The first-order valence-corrected chi connectivity index (χ1v) is 3.47. The summed E-state index contributed by atoms with van der Waals surface area (Å²) in [7, 11) is 0. The molecule has 0 radical (unpaired) electrons. The average molecular weight is 170 g/mol. The van der Waals surface area contributed by atoms with E-state index in [1.807, 2.05) is 0 Å². The standard InChI is InChI=1S/C7H4ClNO2/c8-6-1-5-4(2-9-6)3-11-7(5)10/h1-2H,3H2. The molecule has 4 heteroatoms. The Bertz CT molecular complexity index is 324. The molecule has 1 aliphatic rings. The van der Waals surface area contributed by atoms with Gasteiger partial charge in [0.1, 0.15) is 11.8 Å². The number of hydrogen-bond donors (Lipinski definition) is 0. The summed E-state index contributed by atoms with van der Waals surface area (Å²) in [5.74, 6) is -0.315. The molecule has 3 nitrogen and oxygen atoms in total. The molecule has 1 aliphatic heterocycles. The van der Waals surface area contributed by atoms with Crippen LogP contribution in [-0.2, 0) is 11.3 Å². The molecule has 0 aliphatic carbocycles. The first-order valence-electron chi connectivity index (χ1n) is 3.09. The van der Waals surface area contributed by atoms with Crippen LogP contribution in [0, 0.1) is 0 Å². The molecule has 0 atom stereocenters. The Morgan fingerprint density at radius 3 is 3.27 bits per heavy atom. The number of pyridine rings is 1. The lowest BCUT2D eigenvalue weighted by Gasteiger charge is -1.91. The van der Waals surface area contributed by atoms with Crippen molar-refractivity contribution in [1.29, 1.82) is 0 Å². The minimum absolute atomic E-state index is 0.315. The first-order chi connectivity index (χ1) is 5.27. The second-order valence-electron chi connectivity index (χ2n) is 2.24. The van der Waals surface area contributed by atoms with Crippen molar-refractivity contribution in [3.8, 4) is 0 Å². The van der Waals surface area contributed by atoms with Crippen molar-refractivity contribution in [2.75, 3.05) is 0 Å². The highest BCUT2D eigenvalue weighted by molar-refractivity contribution is 6.29. The summed E-state index contributed by atoms with van der Waals surface area (Å²) in [4.78, 5) is 14.7. The average Bonchev–Trinajstić information content (AvgIpc) is 2.33. The van der Waals surface area contributed by atoms with Gasteiger partial charge in [-0.15, -0.1) is 0 Å². The van der Waals surface area contributed by atoms with E-state index in [0.717, 1.165) is 5.56 Å². The van der Waals surface area contributed by atoms with Crippen LogP contribution in [0.4, 0.5) is 0 Å². The molecule has 2 rings (SSSR count). The number of esters is 1. The highest BCUT2D eigenvalue weighted by atomic mass is 35.5. The fourth-order valence-electron chi connectivity index (χ4n) is 0.984. The quantitative estimate of drug-likeness (QED) is 0.435. The van der Waals surface area contributed by atoms with Crippen LogP contribution in [0.25, 0.3) is 0 Å². The molecule has 11 heavy (non-hydrogen) atoms. The van der Waals surface area contributed by atoms with Gasteiger partial charge in [0.05, 0.1) is 5.56 Å². The highest BCUT2D eigenvalue weighted by Gasteiger charge is 2.21. The lowest BCUT2D eigenvalue weighted by Crippen LogP contribution is -1.93.